The van der Waals surface area contributed by atoms with Gasteiger partial charge in [0, 0.05) is 26.1 Å². The quantitative estimate of drug-likeness (QED) is 0.620. The maximum Gasteiger partial charge on any atom is 0.225 e. The predicted molar refractivity (Wildman–Crippen MR) is 103 cm³/mol. The van der Waals surface area contributed by atoms with Gasteiger partial charge in [0.1, 0.15) is 0 Å². The van der Waals surface area contributed by atoms with Gasteiger partial charge in [-0.15, -0.1) is 13.2 Å². The molecule has 5 heteroatoms. The molecule has 0 unspecified atom stereocenters. The van der Waals surface area contributed by atoms with Crippen LogP contribution in [0, 0.1) is 11.8 Å². The molecule has 1 heterocycles. The molecule has 2 rings (SSSR count). The Morgan fingerprint density at radius 3 is 2.46 bits per heavy atom. The second kappa shape index (κ2) is 9.91. The van der Waals surface area contributed by atoms with Gasteiger partial charge in [0.05, 0.1) is 11.5 Å². The molecule has 1 aliphatic carbocycles. The van der Waals surface area contributed by atoms with Gasteiger partial charge in [-0.3, -0.25) is 9.59 Å². The smallest absolute Gasteiger partial charge is 0.225 e. The summed E-state index contributed by atoms with van der Waals surface area (Å²) < 4.78 is 0. The highest BCUT2D eigenvalue weighted by Gasteiger charge is 2.33. The van der Waals surface area contributed by atoms with Crippen molar-refractivity contribution in [2.75, 3.05) is 19.6 Å². The van der Waals surface area contributed by atoms with Gasteiger partial charge < -0.3 is 15.3 Å². The Morgan fingerprint density at radius 2 is 1.85 bits per heavy atom. The van der Waals surface area contributed by atoms with Gasteiger partial charge in [0.2, 0.25) is 11.8 Å². The van der Waals surface area contributed by atoms with E-state index in [1.807, 2.05) is 4.90 Å². The maximum absolute atomic E-state index is 12.6. The molecule has 0 aromatic carbocycles. The van der Waals surface area contributed by atoms with Crippen LogP contribution >= 0.6 is 0 Å². The van der Waals surface area contributed by atoms with Crippen molar-refractivity contribution in [1.29, 1.82) is 0 Å². The molecule has 2 N–H and O–H groups in total. The van der Waals surface area contributed by atoms with Gasteiger partial charge in [-0.05, 0) is 38.0 Å². The normalized spacial score (nSPS) is 22.1. The van der Waals surface area contributed by atoms with Crippen LogP contribution in [0.5, 0.6) is 0 Å². The van der Waals surface area contributed by atoms with Crippen LogP contribution in [0.4, 0.5) is 0 Å². The number of rotatable bonds is 9. The molecule has 0 spiro atoms. The highest BCUT2D eigenvalue weighted by Crippen LogP contribution is 2.27. The van der Waals surface area contributed by atoms with Gasteiger partial charge in [-0.2, -0.15) is 0 Å². The molecule has 2 fully saturated rings. The second-order valence-corrected chi connectivity index (χ2v) is 7.97. The molecule has 0 bridgehead atoms. The van der Waals surface area contributed by atoms with Crippen molar-refractivity contribution in [3.8, 4) is 0 Å². The highest BCUT2D eigenvalue weighted by atomic mass is 16.3. The molecule has 5 nitrogen and oxygen atoms in total. The van der Waals surface area contributed by atoms with Gasteiger partial charge in [0.15, 0.2) is 0 Å². The fourth-order valence-corrected chi connectivity index (χ4v) is 4.15. The number of carbonyl (C=O) groups is 2. The van der Waals surface area contributed by atoms with Crippen molar-refractivity contribution in [2.45, 2.75) is 63.4 Å². The third kappa shape index (κ3) is 5.97. The average molecular weight is 363 g/mol. The number of hydrogen-bond donors (Lipinski definition) is 2. The Balaban J connectivity index is 1.86. The first kappa shape index (κ1) is 20.7. The summed E-state index contributed by atoms with van der Waals surface area (Å²) in [5.74, 6) is 0.500. The third-order valence-electron chi connectivity index (χ3n) is 5.71. The Kier molecular flexibility index (Phi) is 7.88. The summed E-state index contributed by atoms with van der Waals surface area (Å²) in [4.78, 5) is 26.7. The van der Waals surface area contributed by atoms with Crippen LogP contribution in [-0.2, 0) is 9.59 Å². The van der Waals surface area contributed by atoms with Crippen LogP contribution in [0.1, 0.15) is 57.8 Å². The second-order valence-electron chi connectivity index (χ2n) is 7.97. The Hall–Kier alpha value is -1.62. The first-order valence-corrected chi connectivity index (χ1v) is 9.97. The first-order valence-electron chi connectivity index (χ1n) is 9.97. The van der Waals surface area contributed by atoms with E-state index in [0.717, 1.165) is 6.54 Å². The zero-order valence-corrected chi connectivity index (χ0v) is 15.9. The summed E-state index contributed by atoms with van der Waals surface area (Å²) in [5.41, 5.74) is -1.04. The minimum absolute atomic E-state index is 0.0716. The molecule has 2 amide bonds. The Bertz CT molecular complexity index is 501. The molecule has 0 aromatic rings. The van der Waals surface area contributed by atoms with Crippen molar-refractivity contribution in [1.82, 2.24) is 10.2 Å². The van der Waals surface area contributed by atoms with E-state index in [9.17, 15) is 14.7 Å². The fourth-order valence-electron chi connectivity index (χ4n) is 4.15. The van der Waals surface area contributed by atoms with Gasteiger partial charge in [-0.1, -0.05) is 31.4 Å². The molecule has 1 atom stereocenters. The van der Waals surface area contributed by atoms with E-state index < -0.39 is 5.60 Å². The van der Waals surface area contributed by atoms with E-state index in [1.165, 1.54) is 32.1 Å². The van der Waals surface area contributed by atoms with Crippen LogP contribution in [0.25, 0.3) is 0 Å². The fraction of sp³-hybridized carbons (Fsp3) is 0.714. The topological polar surface area (TPSA) is 69.6 Å². The molecule has 1 saturated carbocycles. The largest absolute Gasteiger partial charge is 0.387 e. The third-order valence-corrected chi connectivity index (χ3v) is 5.71. The number of carbonyl (C=O) groups excluding carboxylic acids is 2. The zero-order chi connectivity index (χ0) is 19.0. The zero-order valence-electron chi connectivity index (χ0n) is 15.9. The lowest BCUT2D eigenvalue weighted by atomic mass is 9.87. The van der Waals surface area contributed by atoms with E-state index in [1.54, 1.807) is 12.2 Å². The van der Waals surface area contributed by atoms with E-state index in [-0.39, 0.29) is 24.3 Å². The molecule has 0 radical (unpaired) electrons. The lowest BCUT2D eigenvalue weighted by Crippen LogP contribution is -2.50. The monoisotopic (exact) mass is 362 g/mol. The Labute approximate surface area is 157 Å². The van der Waals surface area contributed by atoms with Crippen molar-refractivity contribution >= 4 is 11.8 Å². The summed E-state index contributed by atoms with van der Waals surface area (Å²) in [6, 6.07) is 0. The lowest BCUT2D eigenvalue weighted by Gasteiger charge is -2.36. The molecule has 26 heavy (non-hydrogen) atoms. The number of likely N-dealkylation sites (tertiary alicyclic amines) is 1. The molecule has 1 aliphatic heterocycles. The van der Waals surface area contributed by atoms with Crippen LogP contribution in [-0.4, -0.2) is 47.1 Å². The van der Waals surface area contributed by atoms with Crippen LogP contribution in [0.15, 0.2) is 25.3 Å². The highest BCUT2D eigenvalue weighted by molar-refractivity contribution is 5.83. The molecule has 0 aromatic heterocycles. The van der Waals surface area contributed by atoms with Crippen molar-refractivity contribution in [3.05, 3.63) is 25.3 Å². The predicted octanol–water partition coefficient (Wildman–Crippen LogP) is 2.80. The van der Waals surface area contributed by atoms with E-state index in [2.05, 4.69) is 18.5 Å². The first-order chi connectivity index (χ1) is 12.5. The summed E-state index contributed by atoms with van der Waals surface area (Å²) >= 11 is 0. The van der Waals surface area contributed by atoms with Crippen molar-refractivity contribution in [3.63, 3.8) is 0 Å². The van der Waals surface area contributed by atoms with Crippen molar-refractivity contribution < 1.29 is 14.7 Å². The van der Waals surface area contributed by atoms with E-state index >= 15 is 0 Å². The van der Waals surface area contributed by atoms with Crippen LogP contribution in [0.3, 0.4) is 0 Å². The minimum atomic E-state index is -1.04. The number of aliphatic hydroxyl groups is 1. The lowest BCUT2D eigenvalue weighted by molar-refractivity contribution is -0.139. The molecular weight excluding hydrogens is 328 g/mol. The Morgan fingerprint density at radius 1 is 1.19 bits per heavy atom. The van der Waals surface area contributed by atoms with Gasteiger partial charge in [-0.25, -0.2) is 0 Å². The van der Waals surface area contributed by atoms with Crippen molar-refractivity contribution in [2.24, 2.45) is 11.8 Å². The SMILES string of the molecule is C=CCC(O)(CC=C)CNC(=O)[C@@H]1CCC(=O)N(CC2CCCCC2)C1. The average Bonchev–Trinajstić information content (AvgIpc) is 2.63. The summed E-state index contributed by atoms with van der Waals surface area (Å²) in [7, 11) is 0. The standard InChI is InChI=1S/C21H34N2O3/c1-3-12-21(26,13-4-2)16-22-20(25)18-10-11-19(24)23(15-18)14-17-8-6-5-7-9-17/h3-4,17-18,26H,1-2,5-16H2,(H,22,25)/t18-/m1/s1. The summed E-state index contributed by atoms with van der Waals surface area (Å²) in [5, 5.41) is 13.4. The van der Waals surface area contributed by atoms with Crippen LogP contribution < -0.4 is 5.32 Å². The molecule has 2 aliphatic rings. The number of hydrogen-bond acceptors (Lipinski definition) is 3. The molecular formula is C21H34N2O3. The van der Waals surface area contributed by atoms with Gasteiger partial charge in [0.25, 0.3) is 0 Å². The summed E-state index contributed by atoms with van der Waals surface area (Å²) in [6.07, 6.45) is 11.3. The summed E-state index contributed by atoms with van der Waals surface area (Å²) in [6.45, 7) is 8.81. The number of piperidine rings is 1. The molecule has 1 saturated heterocycles. The number of amides is 2. The molecule has 146 valence electrons. The minimum Gasteiger partial charge on any atom is -0.387 e. The van der Waals surface area contributed by atoms with Crippen LogP contribution in [0.2, 0.25) is 0 Å². The van der Waals surface area contributed by atoms with E-state index in [4.69, 9.17) is 0 Å². The van der Waals surface area contributed by atoms with Gasteiger partial charge >= 0.3 is 0 Å². The number of nitrogens with zero attached hydrogens (tertiary/aromatic N) is 1. The van der Waals surface area contributed by atoms with E-state index in [0.29, 0.717) is 38.1 Å². The maximum atomic E-state index is 12.6. The number of nitrogens with one attached hydrogen (secondary N) is 1.